The average Bonchev–Trinajstić information content (AvgIpc) is 3.24. The maximum absolute atomic E-state index is 12.7. The quantitative estimate of drug-likeness (QED) is 0.0201. The van der Waals surface area contributed by atoms with Crippen LogP contribution in [0.1, 0.15) is 194 Å². The number of allylic oxidation sites excluding steroid dienone is 18. The van der Waals surface area contributed by atoms with Gasteiger partial charge in [0.25, 0.3) is 0 Å². The largest absolute Gasteiger partial charge is 0.462 e. The van der Waals surface area contributed by atoms with E-state index in [0.717, 1.165) is 103 Å². The van der Waals surface area contributed by atoms with Gasteiger partial charge in [0.15, 0.2) is 6.10 Å². The van der Waals surface area contributed by atoms with Crippen LogP contribution in [0.5, 0.6) is 0 Å². The van der Waals surface area contributed by atoms with Crippen molar-refractivity contribution < 1.29 is 28.6 Å². The molecule has 0 bridgehead atoms. The standard InChI is InChI=1S/C54H86O6/c1-4-7-10-13-16-19-21-23-25-26-27-29-30-32-35-38-41-44-47-53(56)59-50-51(49-58-52(55)46-43-40-37-34-18-15-12-9-6-3)60-54(57)48-45-42-39-36-33-31-28-24-22-20-17-14-11-8-5-2/h8,11,14,16-17,19-29,34,37,51H,4-7,9-10,12-13,15,18,30-33,35-36,38-50H2,1-3H3/b11-8-,17-14-,19-16-,22-20-,23-21-,26-25-,28-24-,29-27-,37-34-. The molecule has 0 spiro atoms. The van der Waals surface area contributed by atoms with E-state index in [2.05, 4.69) is 106 Å². The van der Waals surface area contributed by atoms with Crippen LogP contribution in [0.4, 0.5) is 0 Å². The fourth-order valence-corrected chi connectivity index (χ4v) is 6.05. The summed E-state index contributed by atoms with van der Waals surface area (Å²) in [6.07, 6.45) is 63.6. The molecule has 0 aliphatic heterocycles. The Balaban J connectivity index is 4.48. The van der Waals surface area contributed by atoms with Gasteiger partial charge in [0.2, 0.25) is 0 Å². The van der Waals surface area contributed by atoms with E-state index in [1.807, 2.05) is 24.3 Å². The summed E-state index contributed by atoms with van der Waals surface area (Å²) in [5.74, 6) is -1.00. The zero-order valence-electron chi connectivity index (χ0n) is 38.4. The number of hydrogen-bond donors (Lipinski definition) is 0. The van der Waals surface area contributed by atoms with E-state index in [1.165, 1.54) is 44.9 Å². The van der Waals surface area contributed by atoms with Gasteiger partial charge in [-0.3, -0.25) is 14.4 Å². The van der Waals surface area contributed by atoms with Crippen LogP contribution in [0.3, 0.4) is 0 Å². The lowest BCUT2D eigenvalue weighted by Crippen LogP contribution is -2.30. The SMILES string of the molecule is CC\C=C/C=C\C=C/C=C\CCCCCCCC(=O)OC(COC(=O)CCC/C=C\CCCCCC)COC(=O)CCCCCCC\C=C/C=C\C=C/C=C\CCCCC. The lowest BCUT2D eigenvalue weighted by Gasteiger charge is -2.18. The average molecular weight is 831 g/mol. The zero-order chi connectivity index (χ0) is 43.7. The summed E-state index contributed by atoms with van der Waals surface area (Å²) in [6, 6.07) is 0. The second-order valence-electron chi connectivity index (χ2n) is 15.5. The van der Waals surface area contributed by atoms with Crippen molar-refractivity contribution in [2.24, 2.45) is 0 Å². The topological polar surface area (TPSA) is 78.9 Å². The Morgan fingerprint density at radius 1 is 0.350 bits per heavy atom. The van der Waals surface area contributed by atoms with Crippen molar-refractivity contribution in [3.05, 3.63) is 109 Å². The van der Waals surface area contributed by atoms with Gasteiger partial charge in [-0.05, 0) is 83.5 Å². The lowest BCUT2D eigenvalue weighted by molar-refractivity contribution is -0.167. The molecule has 6 nitrogen and oxygen atoms in total. The van der Waals surface area contributed by atoms with Crippen LogP contribution in [-0.4, -0.2) is 37.2 Å². The number of unbranched alkanes of at least 4 members (excludes halogenated alkanes) is 18. The van der Waals surface area contributed by atoms with Gasteiger partial charge in [0.05, 0.1) is 0 Å². The molecule has 1 unspecified atom stereocenters. The Kier molecular flexibility index (Phi) is 44.6. The van der Waals surface area contributed by atoms with Gasteiger partial charge in [0, 0.05) is 19.3 Å². The molecule has 0 radical (unpaired) electrons. The third kappa shape index (κ3) is 45.2. The van der Waals surface area contributed by atoms with Crippen LogP contribution in [0.15, 0.2) is 109 Å². The Morgan fingerprint density at radius 3 is 1.17 bits per heavy atom. The third-order valence-corrected chi connectivity index (χ3v) is 9.67. The van der Waals surface area contributed by atoms with Gasteiger partial charge in [-0.25, -0.2) is 0 Å². The first-order valence-electron chi connectivity index (χ1n) is 24.0. The maximum atomic E-state index is 12.7. The van der Waals surface area contributed by atoms with Crippen molar-refractivity contribution in [3.63, 3.8) is 0 Å². The molecular weight excluding hydrogens is 745 g/mol. The second kappa shape index (κ2) is 47.7. The Morgan fingerprint density at radius 2 is 0.683 bits per heavy atom. The van der Waals surface area contributed by atoms with E-state index >= 15 is 0 Å². The first kappa shape index (κ1) is 56.1. The van der Waals surface area contributed by atoms with E-state index in [1.54, 1.807) is 0 Å². The number of carbonyl (C=O) groups excluding carboxylic acids is 3. The monoisotopic (exact) mass is 831 g/mol. The summed E-state index contributed by atoms with van der Waals surface area (Å²) >= 11 is 0. The molecule has 0 aromatic heterocycles. The summed E-state index contributed by atoms with van der Waals surface area (Å²) in [5, 5.41) is 0. The van der Waals surface area contributed by atoms with Gasteiger partial charge in [0.1, 0.15) is 13.2 Å². The molecule has 0 aliphatic carbocycles. The summed E-state index contributed by atoms with van der Waals surface area (Å²) in [4.78, 5) is 37.8. The molecular formula is C54H86O6. The molecule has 6 heteroatoms. The third-order valence-electron chi connectivity index (χ3n) is 9.67. The second-order valence-corrected chi connectivity index (χ2v) is 15.5. The number of hydrogen-bond acceptors (Lipinski definition) is 6. The predicted octanol–water partition coefficient (Wildman–Crippen LogP) is 15.6. The summed E-state index contributed by atoms with van der Waals surface area (Å²) < 4.78 is 16.7. The van der Waals surface area contributed by atoms with Gasteiger partial charge in [-0.1, -0.05) is 201 Å². The van der Waals surface area contributed by atoms with Crippen LogP contribution in [0.25, 0.3) is 0 Å². The summed E-state index contributed by atoms with van der Waals surface area (Å²) in [5.41, 5.74) is 0. The van der Waals surface area contributed by atoms with E-state index < -0.39 is 6.10 Å². The van der Waals surface area contributed by atoms with Crippen LogP contribution >= 0.6 is 0 Å². The first-order chi connectivity index (χ1) is 29.5. The Hall–Kier alpha value is -3.93. The molecule has 0 heterocycles. The predicted molar refractivity (Wildman–Crippen MR) is 256 cm³/mol. The Labute approximate surface area is 368 Å². The first-order valence-corrected chi connectivity index (χ1v) is 24.0. The highest BCUT2D eigenvalue weighted by molar-refractivity contribution is 5.71. The molecule has 0 saturated heterocycles. The smallest absolute Gasteiger partial charge is 0.306 e. The molecule has 0 aromatic carbocycles. The fraction of sp³-hybridized carbons (Fsp3) is 0.611. The molecule has 0 saturated carbocycles. The van der Waals surface area contributed by atoms with Crippen molar-refractivity contribution >= 4 is 17.9 Å². The minimum Gasteiger partial charge on any atom is -0.462 e. The molecule has 1 atom stereocenters. The normalized spacial score (nSPS) is 13.1. The molecule has 0 amide bonds. The van der Waals surface area contributed by atoms with Crippen LogP contribution in [0.2, 0.25) is 0 Å². The number of carbonyl (C=O) groups is 3. The highest BCUT2D eigenvalue weighted by Crippen LogP contribution is 2.12. The number of ether oxygens (including phenoxy) is 3. The molecule has 338 valence electrons. The van der Waals surface area contributed by atoms with Gasteiger partial charge < -0.3 is 14.2 Å². The minimum atomic E-state index is -0.811. The maximum Gasteiger partial charge on any atom is 0.306 e. The van der Waals surface area contributed by atoms with Crippen molar-refractivity contribution in [1.29, 1.82) is 0 Å². The van der Waals surface area contributed by atoms with Crippen molar-refractivity contribution in [3.8, 4) is 0 Å². The van der Waals surface area contributed by atoms with Crippen molar-refractivity contribution in [2.75, 3.05) is 13.2 Å². The van der Waals surface area contributed by atoms with Gasteiger partial charge in [-0.15, -0.1) is 0 Å². The van der Waals surface area contributed by atoms with E-state index in [9.17, 15) is 14.4 Å². The van der Waals surface area contributed by atoms with Crippen LogP contribution < -0.4 is 0 Å². The summed E-state index contributed by atoms with van der Waals surface area (Å²) in [7, 11) is 0. The molecule has 0 aliphatic rings. The Bertz CT molecular complexity index is 1280. The summed E-state index contributed by atoms with van der Waals surface area (Å²) in [6.45, 7) is 6.33. The molecule has 60 heavy (non-hydrogen) atoms. The molecule has 0 aromatic rings. The van der Waals surface area contributed by atoms with Crippen LogP contribution in [0, 0.1) is 0 Å². The number of rotatable bonds is 41. The highest BCUT2D eigenvalue weighted by atomic mass is 16.6. The van der Waals surface area contributed by atoms with Crippen molar-refractivity contribution in [1.82, 2.24) is 0 Å². The lowest BCUT2D eigenvalue weighted by atomic mass is 10.1. The van der Waals surface area contributed by atoms with Crippen LogP contribution in [-0.2, 0) is 28.6 Å². The minimum absolute atomic E-state index is 0.111. The highest BCUT2D eigenvalue weighted by Gasteiger charge is 2.19. The fourth-order valence-electron chi connectivity index (χ4n) is 6.05. The van der Waals surface area contributed by atoms with Gasteiger partial charge in [-0.2, -0.15) is 0 Å². The molecule has 0 fully saturated rings. The van der Waals surface area contributed by atoms with E-state index in [-0.39, 0.29) is 37.5 Å². The molecule has 0 N–H and O–H groups in total. The van der Waals surface area contributed by atoms with Gasteiger partial charge >= 0.3 is 17.9 Å². The zero-order valence-corrected chi connectivity index (χ0v) is 38.4. The van der Waals surface area contributed by atoms with E-state index in [4.69, 9.17) is 14.2 Å². The van der Waals surface area contributed by atoms with E-state index in [0.29, 0.717) is 19.3 Å². The number of esters is 3. The molecule has 0 rings (SSSR count). The van der Waals surface area contributed by atoms with Crippen molar-refractivity contribution in [2.45, 2.75) is 200 Å².